The fraction of sp³-hybridized carbons (Fsp3) is 0.636. The van der Waals surface area contributed by atoms with Crippen LogP contribution in [0.1, 0.15) is 19.3 Å². The molecule has 1 aromatic rings. The SMILES string of the molecule is CN(CC1CCCCO1)S(=O)(=O)c1cnc(N)nc1. The molecule has 1 saturated heterocycles. The van der Waals surface area contributed by atoms with Gasteiger partial charge in [0.1, 0.15) is 4.90 Å². The Morgan fingerprint density at radius 2 is 2.11 bits per heavy atom. The van der Waals surface area contributed by atoms with Crippen molar-refractivity contribution in [3.8, 4) is 0 Å². The molecule has 0 aliphatic carbocycles. The summed E-state index contributed by atoms with van der Waals surface area (Å²) in [5.41, 5.74) is 5.34. The van der Waals surface area contributed by atoms with Gasteiger partial charge in [0.05, 0.1) is 18.5 Å². The van der Waals surface area contributed by atoms with Gasteiger partial charge in [0.2, 0.25) is 16.0 Å². The van der Waals surface area contributed by atoms with Crippen molar-refractivity contribution in [3.63, 3.8) is 0 Å². The smallest absolute Gasteiger partial charge is 0.245 e. The topological polar surface area (TPSA) is 98.4 Å². The molecule has 1 unspecified atom stereocenters. The lowest BCUT2D eigenvalue weighted by Gasteiger charge is -2.26. The Morgan fingerprint density at radius 1 is 1.42 bits per heavy atom. The van der Waals surface area contributed by atoms with E-state index in [4.69, 9.17) is 10.5 Å². The van der Waals surface area contributed by atoms with E-state index in [-0.39, 0.29) is 16.9 Å². The zero-order valence-electron chi connectivity index (χ0n) is 10.8. The van der Waals surface area contributed by atoms with Crippen LogP contribution in [-0.2, 0) is 14.8 Å². The van der Waals surface area contributed by atoms with Crippen molar-refractivity contribution in [2.24, 2.45) is 0 Å². The lowest BCUT2D eigenvalue weighted by atomic mass is 10.1. The highest BCUT2D eigenvalue weighted by atomic mass is 32.2. The third kappa shape index (κ3) is 3.40. The number of anilines is 1. The monoisotopic (exact) mass is 286 g/mol. The highest BCUT2D eigenvalue weighted by Crippen LogP contribution is 2.17. The Morgan fingerprint density at radius 3 is 2.68 bits per heavy atom. The van der Waals surface area contributed by atoms with Crippen LogP contribution in [0.25, 0.3) is 0 Å². The number of nitrogen functional groups attached to an aromatic ring is 1. The zero-order valence-corrected chi connectivity index (χ0v) is 11.6. The average molecular weight is 286 g/mol. The molecule has 19 heavy (non-hydrogen) atoms. The summed E-state index contributed by atoms with van der Waals surface area (Å²) in [5.74, 6) is 0.0530. The molecule has 8 heteroatoms. The molecule has 1 atom stereocenters. The minimum Gasteiger partial charge on any atom is -0.377 e. The van der Waals surface area contributed by atoms with Crippen molar-refractivity contribution in [2.45, 2.75) is 30.3 Å². The lowest BCUT2D eigenvalue weighted by molar-refractivity contribution is 0.00858. The number of sulfonamides is 1. The van der Waals surface area contributed by atoms with Gasteiger partial charge in [-0.2, -0.15) is 4.31 Å². The average Bonchev–Trinajstić information content (AvgIpc) is 2.40. The first kappa shape index (κ1) is 14.2. The van der Waals surface area contributed by atoms with E-state index in [0.717, 1.165) is 19.3 Å². The fourth-order valence-electron chi connectivity index (χ4n) is 1.98. The first-order chi connectivity index (χ1) is 9.00. The summed E-state index contributed by atoms with van der Waals surface area (Å²) in [4.78, 5) is 7.45. The second-order valence-electron chi connectivity index (χ2n) is 4.55. The number of hydrogen-bond acceptors (Lipinski definition) is 6. The van der Waals surface area contributed by atoms with Gasteiger partial charge in [-0.3, -0.25) is 0 Å². The number of ether oxygens (including phenoxy) is 1. The van der Waals surface area contributed by atoms with Gasteiger partial charge in [0.15, 0.2) is 0 Å². The standard InChI is InChI=1S/C11H18N4O3S/c1-15(8-9-4-2-3-5-18-9)19(16,17)10-6-13-11(12)14-7-10/h6-7,9H,2-5,8H2,1H3,(H2,12,13,14). The Labute approximate surface area is 112 Å². The molecule has 2 heterocycles. The molecule has 0 saturated carbocycles. The van der Waals surface area contributed by atoms with Crippen molar-refractivity contribution in [1.29, 1.82) is 0 Å². The van der Waals surface area contributed by atoms with Crippen LogP contribution in [0.4, 0.5) is 5.95 Å². The minimum absolute atomic E-state index is 0.0387. The summed E-state index contributed by atoms with van der Waals surface area (Å²) in [6.45, 7) is 1.04. The predicted octanol–water partition coefficient (Wildman–Crippen LogP) is 0.248. The van der Waals surface area contributed by atoms with Crippen LogP contribution < -0.4 is 5.73 Å². The maximum Gasteiger partial charge on any atom is 0.245 e. The molecule has 7 nitrogen and oxygen atoms in total. The predicted molar refractivity (Wildman–Crippen MR) is 69.9 cm³/mol. The van der Waals surface area contributed by atoms with Crippen LogP contribution in [0.2, 0.25) is 0 Å². The van der Waals surface area contributed by atoms with Gasteiger partial charge in [0, 0.05) is 20.2 Å². The Hall–Kier alpha value is -1.25. The third-order valence-electron chi connectivity index (χ3n) is 3.09. The molecule has 0 spiro atoms. The highest BCUT2D eigenvalue weighted by Gasteiger charge is 2.25. The number of hydrogen-bond donors (Lipinski definition) is 1. The van der Waals surface area contributed by atoms with Gasteiger partial charge in [0.25, 0.3) is 0 Å². The summed E-state index contributed by atoms with van der Waals surface area (Å²) in [6, 6.07) is 0. The Balaban J connectivity index is 2.07. The van der Waals surface area contributed by atoms with Gasteiger partial charge in [-0.15, -0.1) is 0 Å². The molecule has 1 aromatic heterocycles. The van der Waals surface area contributed by atoms with Crippen molar-refractivity contribution in [3.05, 3.63) is 12.4 Å². The molecule has 2 N–H and O–H groups in total. The Bertz CT molecular complexity index is 511. The van der Waals surface area contributed by atoms with Gasteiger partial charge >= 0.3 is 0 Å². The second-order valence-corrected chi connectivity index (χ2v) is 6.60. The molecule has 0 bridgehead atoms. The first-order valence-corrected chi connectivity index (χ1v) is 7.59. The lowest BCUT2D eigenvalue weighted by Crippen LogP contribution is -2.37. The molecule has 0 radical (unpaired) electrons. The molecular formula is C11H18N4O3S. The minimum atomic E-state index is -3.58. The maximum absolute atomic E-state index is 12.3. The van der Waals surface area contributed by atoms with E-state index in [2.05, 4.69) is 9.97 Å². The molecule has 0 aromatic carbocycles. The van der Waals surface area contributed by atoms with E-state index in [9.17, 15) is 8.42 Å². The van der Waals surface area contributed by atoms with Crippen LogP contribution in [0.15, 0.2) is 17.3 Å². The normalized spacial score (nSPS) is 20.6. The fourth-order valence-corrected chi connectivity index (χ4v) is 3.07. The van der Waals surface area contributed by atoms with E-state index in [1.807, 2.05) is 0 Å². The maximum atomic E-state index is 12.3. The van der Waals surface area contributed by atoms with Gasteiger partial charge < -0.3 is 10.5 Å². The number of rotatable bonds is 4. The van der Waals surface area contributed by atoms with Gasteiger partial charge in [-0.1, -0.05) is 0 Å². The third-order valence-corrected chi connectivity index (χ3v) is 4.87. The summed E-state index contributed by atoms with van der Waals surface area (Å²) < 4.78 is 31.4. The van der Waals surface area contributed by atoms with Crippen LogP contribution in [0.3, 0.4) is 0 Å². The van der Waals surface area contributed by atoms with E-state index in [1.165, 1.54) is 23.7 Å². The Kier molecular flexibility index (Phi) is 4.33. The summed E-state index contributed by atoms with van der Waals surface area (Å²) in [5, 5.41) is 0. The van der Waals surface area contributed by atoms with Crippen LogP contribution in [0, 0.1) is 0 Å². The van der Waals surface area contributed by atoms with Crippen molar-refractivity contribution in [2.75, 3.05) is 25.9 Å². The second kappa shape index (κ2) is 5.81. The number of nitrogens with two attached hydrogens (primary N) is 1. The van der Waals surface area contributed by atoms with Crippen LogP contribution in [-0.4, -0.2) is 49.0 Å². The highest BCUT2D eigenvalue weighted by molar-refractivity contribution is 7.89. The molecule has 1 fully saturated rings. The molecule has 1 aliphatic heterocycles. The van der Waals surface area contributed by atoms with Crippen LogP contribution in [0.5, 0.6) is 0 Å². The van der Waals surface area contributed by atoms with E-state index in [0.29, 0.717) is 13.2 Å². The molecular weight excluding hydrogens is 268 g/mol. The number of nitrogens with zero attached hydrogens (tertiary/aromatic N) is 3. The molecule has 2 rings (SSSR count). The summed E-state index contributed by atoms with van der Waals surface area (Å²) in [7, 11) is -2.05. The number of aromatic nitrogens is 2. The van der Waals surface area contributed by atoms with Crippen molar-refractivity contribution < 1.29 is 13.2 Å². The summed E-state index contributed by atoms with van der Waals surface area (Å²) >= 11 is 0. The molecule has 106 valence electrons. The first-order valence-electron chi connectivity index (χ1n) is 6.15. The largest absolute Gasteiger partial charge is 0.377 e. The quantitative estimate of drug-likeness (QED) is 0.851. The summed E-state index contributed by atoms with van der Waals surface area (Å²) in [6.07, 6.45) is 5.40. The zero-order chi connectivity index (χ0) is 13.9. The van der Waals surface area contributed by atoms with Gasteiger partial charge in [-0.25, -0.2) is 18.4 Å². The van der Waals surface area contributed by atoms with E-state index < -0.39 is 10.0 Å². The van der Waals surface area contributed by atoms with Crippen molar-refractivity contribution >= 4 is 16.0 Å². The van der Waals surface area contributed by atoms with Crippen LogP contribution >= 0.6 is 0 Å². The van der Waals surface area contributed by atoms with E-state index in [1.54, 1.807) is 0 Å². The molecule has 0 amide bonds. The van der Waals surface area contributed by atoms with E-state index >= 15 is 0 Å². The number of likely N-dealkylation sites (N-methyl/N-ethyl adjacent to an activating group) is 1. The van der Waals surface area contributed by atoms with Gasteiger partial charge in [-0.05, 0) is 19.3 Å². The van der Waals surface area contributed by atoms with Crippen molar-refractivity contribution in [1.82, 2.24) is 14.3 Å². The molecule has 1 aliphatic rings.